The number of hydrogen-bond donors (Lipinski definition) is 1. The summed E-state index contributed by atoms with van der Waals surface area (Å²) >= 11 is 6.03. The Kier molecular flexibility index (Phi) is 4.35. The molecule has 7 heteroatoms. The summed E-state index contributed by atoms with van der Waals surface area (Å²) in [6.07, 6.45) is -2.64. The Morgan fingerprint density at radius 3 is 2.55 bits per heavy atom. The van der Waals surface area contributed by atoms with Gasteiger partial charge >= 0.3 is 6.18 Å². The van der Waals surface area contributed by atoms with E-state index in [1.807, 2.05) is 0 Å². The van der Waals surface area contributed by atoms with Crippen molar-refractivity contribution in [2.24, 2.45) is 0 Å². The van der Waals surface area contributed by atoms with Crippen molar-refractivity contribution in [3.63, 3.8) is 0 Å². The van der Waals surface area contributed by atoms with Crippen LogP contribution in [0, 0.1) is 0 Å². The number of aliphatic hydroxyl groups is 1. The van der Waals surface area contributed by atoms with Gasteiger partial charge in [0.1, 0.15) is 5.15 Å². The van der Waals surface area contributed by atoms with Crippen LogP contribution in [-0.2, 0) is 19.1 Å². The smallest absolute Gasteiger partial charge is 0.396 e. The van der Waals surface area contributed by atoms with Gasteiger partial charge in [-0.15, -0.1) is 0 Å². The molecule has 108 valence electrons. The molecule has 0 unspecified atom stereocenters. The van der Waals surface area contributed by atoms with Crippen molar-refractivity contribution in [2.45, 2.75) is 19.1 Å². The van der Waals surface area contributed by atoms with Crippen molar-refractivity contribution >= 4 is 11.6 Å². The lowest BCUT2D eigenvalue weighted by Gasteiger charge is -2.13. The van der Waals surface area contributed by atoms with E-state index in [-0.39, 0.29) is 23.9 Å². The molecule has 20 heavy (non-hydrogen) atoms. The number of aromatic nitrogens is 2. The van der Waals surface area contributed by atoms with Crippen molar-refractivity contribution in [1.29, 1.82) is 0 Å². The van der Waals surface area contributed by atoms with Crippen LogP contribution in [0.1, 0.15) is 16.7 Å². The van der Waals surface area contributed by atoms with Gasteiger partial charge in [0, 0.05) is 18.6 Å². The van der Waals surface area contributed by atoms with E-state index in [1.54, 1.807) is 0 Å². The Labute approximate surface area is 118 Å². The zero-order chi connectivity index (χ0) is 14.8. The standard InChI is InChI=1S/C13H12ClF3N2O/c14-12-9(5-6-20)7-18-19(12)8-10-3-1-2-4-11(10)13(15,16)17/h1-4,7,20H,5-6,8H2. The molecule has 0 aliphatic heterocycles. The molecule has 3 nitrogen and oxygen atoms in total. The predicted octanol–water partition coefficient (Wildman–Crippen LogP) is 3.14. The van der Waals surface area contributed by atoms with E-state index < -0.39 is 11.7 Å². The lowest BCUT2D eigenvalue weighted by atomic mass is 10.1. The Morgan fingerprint density at radius 1 is 1.20 bits per heavy atom. The first-order chi connectivity index (χ1) is 9.43. The van der Waals surface area contributed by atoms with Crippen molar-refractivity contribution < 1.29 is 18.3 Å². The van der Waals surface area contributed by atoms with Gasteiger partial charge in [-0.2, -0.15) is 18.3 Å². The van der Waals surface area contributed by atoms with E-state index in [9.17, 15) is 13.2 Å². The van der Waals surface area contributed by atoms with Crippen LogP contribution < -0.4 is 0 Å². The lowest BCUT2D eigenvalue weighted by Crippen LogP contribution is -2.12. The van der Waals surface area contributed by atoms with Gasteiger partial charge in [0.15, 0.2) is 0 Å². The first-order valence-electron chi connectivity index (χ1n) is 5.89. The third-order valence-electron chi connectivity index (χ3n) is 2.87. The largest absolute Gasteiger partial charge is 0.416 e. The summed E-state index contributed by atoms with van der Waals surface area (Å²) in [4.78, 5) is 0. The second-order valence-electron chi connectivity index (χ2n) is 4.25. The number of alkyl halides is 3. The average Bonchev–Trinajstić information content (AvgIpc) is 2.72. The van der Waals surface area contributed by atoms with Crippen LogP contribution in [0.25, 0.3) is 0 Å². The highest BCUT2D eigenvalue weighted by molar-refractivity contribution is 6.30. The molecule has 0 aliphatic rings. The summed E-state index contributed by atoms with van der Waals surface area (Å²) in [7, 11) is 0. The first-order valence-corrected chi connectivity index (χ1v) is 6.27. The van der Waals surface area contributed by atoms with Gasteiger partial charge in [0.2, 0.25) is 0 Å². The molecular weight excluding hydrogens is 293 g/mol. The van der Waals surface area contributed by atoms with Gasteiger partial charge in [0.05, 0.1) is 18.3 Å². The van der Waals surface area contributed by atoms with Gasteiger partial charge in [-0.05, 0) is 11.6 Å². The molecule has 0 spiro atoms. The second-order valence-corrected chi connectivity index (χ2v) is 4.60. The Hall–Kier alpha value is -1.53. The number of hydrogen-bond acceptors (Lipinski definition) is 2. The summed E-state index contributed by atoms with van der Waals surface area (Å²) in [5, 5.41) is 13.1. The molecule has 0 bridgehead atoms. The maximum Gasteiger partial charge on any atom is 0.416 e. The third kappa shape index (κ3) is 3.13. The molecule has 2 aromatic rings. The normalized spacial score (nSPS) is 11.8. The van der Waals surface area contributed by atoms with E-state index >= 15 is 0 Å². The van der Waals surface area contributed by atoms with Gasteiger partial charge in [0.25, 0.3) is 0 Å². The molecule has 0 saturated heterocycles. The number of rotatable bonds is 4. The molecule has 0 saturated carbocycles. The van der Waals surface area contributed by atoms with Gasteiger partial charge < -0.3 is 5.11 Å². The van der Waals surface area contributed by atoms with Crippen LogP contribution in [0.2, 0.25) is 5.15 Å². The van der Waals surface area contributed by atoms with E-state index in [0.717, 1.165) is 6.07 Å². The quantitative estimate of drug-likeness (QED) is 0.942. The minimum Gasteiger partial charge on any atom is -0.396 e. The van der Waals surface area contributed by atoms with Crippen molar-refractivity contribution in [2.75, 3.05) is 6.61 Å². The summed E-state index contributed by atoms with van der Waals surface area (Å²) in [5.41, 5.74) is 0.00878. The van der Waals surface area contributed by atoms with Crippen LogP contribution in [0.5, 0.6) is 0 Å². The van der Waals surface area contributed by atoms with Crippen LogP contribution in [0.4, 0.5) is 13.2 Å². The van der Waals surface area contributed by atoms with E-state index in [0.29, 0.717) is 12.0 Å². The number of nitrogens with zero attached hydrogens (tertiary/aromatic N) is 2. The molecule has 0 fully saturated rings. The van der Waals surface area contributed by atoms with Crippen molar-refractivity contribution in [3.05, 3.63) is 52.3 Å². The van der Waals surface area contributed by atoms with E-state index in [2.05, 4.69) is 5.10 Å². The second kappa shape index (κ2) is 5.85. The maximum atomic E-state index is 12.9. The zero-order valence-corrected chi connectivity index (χ0v) is 11.1. The summed E-state index contributed by atoms with van der Waals surface area (Å²) < 4.78 is 39.9. The predicted molar refractivity (Wildman–Crippen MR) is 68.6 cm³/mol. The third-order valence-corrected chi connectivity index (χ3v) is 3.31. The molecule has 0 atom stereocenters. The number of halogens is 4. The fraction of sp³-hybridized carbons (Fsp3) is 0.308. The summed E-state index contributed by atoms with van der Waals surface area (Å²) in [5.74, 6) is 0. The molecule has 1 aromatic heterocycles. The minimum atomic E-state index is -4.41. The zero-order valence-electron chi connectivity index (χ0n) is 10.4. The highest BCUT2D eigenvalue weighted by Gasteiger charge is 2.33. The molecule has 1 aromatic carbocycles. The molecule has 0 aliphatic carbocycles. The van der Waals surface area contributed by atoms with E-state index in [1.165, 1.54) is 29.1 Å². The topological polar surface area (TPSA) is 38.1 Å². The molecular formula is C13H12ClF3N2O. The SMILES string of the molecule is OCCc1cnn(Cc2ccccc2C(F)(F)F)c1Cl. The Bertz CT molecular complexity index is 596. The molecule has 0 amide bonds. The van der Waals surface area contributed by atoms with Crippen LogP contribution in [0.15, 0.2) is 30.5 Å². The minimum absolute atomic E-state index is 0.0695. The maximum absolute atomic E-state index is 12.9. The first kappa shape index (κ1) is 14.9. The summed E-state index contributed by atoms with van der Waals surface area (Å²) in [6.45, 7) is -0.162. The molecule has 0 radical (unpaired) electrons. The summed E-state index contributed by atoms with van der Waals surface area (Å²) in [6, 6.07) is 5.30. The fourth-order valence-corrected chi connectivity index (χ4v) is 2.15. The van der Waals surface area contributed by atoms with Gasteiger partial charge in [-0.1, -0.05) is 29.8 Å². The molecule has 2 rings (SSSR count). The van der Waals surface area contributed by atoms with Crippen molar-refractivity contribution in [1.82, 2.24) is 9.78 Å². The van der Waals surface area contributed by atoms with Crippen LogP contribution >= 0.6 is 11.6 Å². The Balaban J connectivity index is 2.31. The van der Waals surface area contributed by atoms with E-state index in [4.69, 9.17) is 16.7 Å². The monoisotopic (exact) mass is 304 g/mol. The van der Waals surface area contributed by atoms with Crippen LogP contribution in [-0.4, -0.2) is 21.5 Å². The lowest BCUT2D eigenvalue weighted by molar-refractivity contribution is -0.138. The number of aliphatic hydroxyl groups excluding tert-OH is 1. The molecule has 1 N–H and O–H groups in total. The number of benzene rings is 1. The highest BCUT2D eigenvalue weighted by Crippen LogP contribution is 2.32. The fourth-order valence-electron chi connectivity index (χ4n) is 1.90. The van der Waals surface area contributed by atoms with Gasteiger partial charge in [-0.3, -0.25) is 0 Å². The van der Waals surface area contributed by atoms with Crippen molar-refractivity contribution in [3.8, 4) is 0 Å². The molecule has 1 heterocycles. The highest BCUT2D eigenvalue weighted by atomic mass is 35.5. The average molecular weight is 305 g/mol. The Morgan fingerprint density at radius 2 is 1.90 bits per heavy atom. The van der Waals surface area contributed by atoms with Crippen LogP contribution in [0.3, 0.4) is 0 Å². The van der Waals surface area contributed by atoms with Gasteiger partial charge in [-0.25, -0.2) is 4.68 Å².